The van der Waals surface area contributed by atoms with Crippen LogP contribution in [0.15, 0.2) is 23.1 Å². The van der Waals surface area contributed by atoms with Crippen LogP contribution >= 0.6 is 0 Å². The van der Waals surface area contributed by atoms with Gasteiger partial charge in [-0.3, -0.25) is 9.35 Å². The van der Waals surface area contributed by atoms with Gasteiger partial charge in [-0.1, -0.05) is 0 Å². The molecule has 0 atom stereocenters. The monoisotopic (exact) mass is 247 g/mol. The van der Waals surface area contributed by atoms with Gasteiger partial charge in [-0.05, 0) is 12.1 Å². The highest BCUT2D eigenvalue weighted by Gasteiger charge is 2.14. The van der Waals surface area contributed by atoms with Crippen LogP contribution in [0.5, 0.6) is 11.5 Å². The molecule has 0 aromatic heterocycles. The number of hydrogen-bond acceptors (Lipinski definition) is 6. The topological polar surface area (TPSA) is 127 Å². The minimum Gasteiger partial charge on any atom is -0.504 e. The van der Waals surface area contributed by atoms with E-state index in [0.29, 0.717) is 0 Å². The number of hydrogen-bond donors (Lipinski definition) is 3. The number of rotatable bonds is 3. The molecule has 0 aliphatic carbocycles. The minimum atomic E-state index is -4.42. The van der Waals surface area contributed by atoms with Crippen LogP contribution in [0.2, 0.25) is 0 Å². The normalized spacial score (nSPS) is 11.1. The van der Waals surface area contributed by atoms with Crippen molar-refractivity contribution in [3.8, 4) is 11.5 Å². The molecule has 8 heteroatoms. The van der Waals surface area contributed by atoms with E-state index in [0.717, 1.165) is 18.2 Å². The number of phenols is 1. The van der Waals surface area contributed by atoms with E-state index in [4.69, 9.17) is 10.3 Å². The van der Waals surface area contributed by atoms with E-state index in [1.54, 1.807) is 0 Å². The third-order valence-electron chi connectivity index (χ3n) is 1.62. The molecule has 0 aliphatic heterocycles. The van der Waals surface area contributed by atoms with Crippen LogP contribution in [0.25, 0.3) is 0 Å². The van der Waals surface area contributed by atoms with Crippen molar-refractivity contribution in [1.29, 1.82) is 0 Å². The fourth-order valence-electron chi connectivity index (χ4n) is 0.901. The highest BCUT2D eigenvalue weighted by molar-refractivity contribution is 7.85. The summed E-state index contributed by atoms with van der Waals surface area (Å²) in [5.74, 6) is -1.66. The van der Waals surface area contributed by atoms with Gasteiger partial charge in [0.1, 0.15) is 0 Å². The Balaban J connectivity index is 3.14. The average molecular weight is 247 g/mol. The van der Waals surface area contributed by atoms with E-state index < -0.39 is 33.3 Å². The van der Waals surface area contributed by atoms with E-state index in [9.17, 15) is 18.3 Å². The Morgan fingerprint density at radius 2 is 2.06 bits per heavy atom. The molecule has 4 N–H and O–H groups in total. The molecule has 0 amide bonds. The Morgan fingerprint density at radius 3 is 2.56 bits per heavy atom. The van der Waals surface area contributed by atoms with Gasteiger partial charge in [0, 0.05) is 6.07 Å². The average Bonchev–Trinajstić information content (AvgIpc) is 2.19. The first-order valence-corrected chi connectivity index (χ1v) is 5.50. The molecule has 0 saturated carbocycles. The van der Waals surface area contributed by atoms with Crippen molar-refractivity contribution in [2.24, 2.45) is 5.73 Å². The smallest absolute Gasteiger partial charge is 0.325 e. The number of benzene rings is 1. The SMILES string of the molecule is NCC(=O)Oc1cc(S(=O)(=O)O)ccc1O. The lowest BCUT2D eigenvalue weighted by Crippen LogP contribution is -2.19. The van der Waals surface area contributed by atoms with E-state index in [1.165, 1.54) is 0 Å². The number of phenolic OH excluding ortho intramolecular Hbond substituents is 1. The van der Waals surface area contributed by atoms with Crippen LogP contribution in [0.3, 0.4) is 0 Å². The van der Waals surface area contributed by atoms with Gasteiger partial charge in [-0.25, -0.2) is 0 Å². The first-order chi connectivity index (χ1) is 7.34. The molecule has 0 fully saturated rings. The maximum atomic E-state index is 10.8. The third kappa shape index (κ3) is 2.92. The van der Waals surface area contributed by atoms with Gasteiger partial charge in [0.15, 0.2) is 11.5 Å². The Kier molecular flexibility index (Phi) is 3.48. The lowest BCUT2D eigenvalue weighted by Gasteiger charge is -2.06. The Hall–Kier alpha value is -1.64. The first kappa shape index (κ1) is 12.4. The Labute approximate surface area is 91.2 Å². The maximum Gasteiger partial charge on any atom is 0.325 e. The van der Waals surface area contributed by atoms with Gasteiger partial charge in [0.25, 0.3) is 10.1 Å². The van der Waals surface area contributed by atoms with Gasteiger partial charge in [-0.15, -0.1) is 0 Å². The molecule has 16 heavy (non-hydrogen) atoms. The molecule has 1 aromatic carbocycles. The molecule has 0 spiro atoms. The van der Waals surface area contributed by atoms with Crippen LogP contribution in [0.1, 0.15) is 0 Å². The first-order valence-electron chi connectivity index (χ1n) is 4.06. The standard InChI is InChI=1S/C8H9NO6S/c9-4-8(11)15-7-3-5(16(12,13)14)1-2-6(7)10/h1-3,10H,4,9H2,(H,12,13,14). The molecular formula is C8H9NO6S. The zero-order valence-electron chi connectivity index (χ0n) is 7.95. The van der Waals surface area contributed by atoms with E-state index in [1.807, 2.05) is 0 Å². The summed E-state index contributed by atoms with van der Waals surface area (Å²) in [6.45, 7) is -0.421. The fraction of sp³-hybridized carbons (Fsp3) is 0.125. The molecule has 0 bridgehead atoms. The Morgan fingerprint density at radius 1 is 1.44 bits per heavy atom. The predicted octanol–water partition coefficient (Wildman–Crippen LogP) is -0.497. The van der Waals surface area contributed by atoms with Crippen LogP contribution < -0.4 is 10.5 Å². The predicted molar refractivity (Wildman–Crippen MR) is 52.6 cm³/mol. The molecule has 0 saturated heterocycles. The van der Waals surface area contributed by atoms with Gasteiger partial charge < -0.3 is 15.6 Å². The van der Waals surface area contributed by atoms with Gasteiger partial charge >= 0.3 is 5.97 Å². The number of aromatic hydroxyl groups is 1. The summed E-state index contributed by atoms with van der Waals surface area (Å²) in [6.07, 6.45) is 0. The second-order valence-electron chi connectivity index (χ2n) is 2.78. The largest absolute Gasteiger partial charge is 0.504 e. The summed E-state index contributed by atoms with van der Waals surface area (Å²) in [7, 11) is -4.42. The molecule has 0 aliphatic rings. The molecule has 0 radical (unpaired) electrons. The molecule has 88 valence electrons. The molecular weight excluding hydrogens is 238 g/mol. The lowest BCUT2D eigenvalue weighted by atomic mass is 10.3. The number of nitrogens with two attached hydrogens (primary N) is 1. The van der Waals surface area contributed by atoms with Crippen LogP contribution in [0, 0.1) is 0 Å². The molecule has 0 heterocycles. The second kappa shape index (κ2) is 4.47. The van der Waals surface area contributed by atoms with Crippen molar-refractivity contribution in [3.05, 3.63) is 18.2 Å². The summed E-state index contributed by atoms with van der Waals surface area (Å²) in [5, 5.41) is 9.25. The highest BCUT2D eigenvalue weighted by Crippen LogP contribution is 2.28. The van der Waals surface area contributed by atoms with Gasteiger partial charge in [0.2, 0.25) is 0 Å². The number of carbonyl (C=O) groups is 1. The van der Waals surface area contributed by atoms with Crippen molar-refractivity contribution >= 4 is 16.1 Å². The fourth-order valence-corrected chi connectivity index (χ4v) is 1.40. The number of carbonyl (C=O) groups excluding carboxylic acids is 1. The molecule has 0 unspecified atom stereocenters. The lowest BCUT2D eigenvalue weighted by molar-refractivity contribution is -0.132. The van der Waals surface area contributed by atoms with Crippen molar-refractivity contribution in [3.63, 3.8) is 0 Å². The van der Waals surface area contributed by atoms with Crippen molar-refractivity contribution in [2.45, 2.75) is 4.90 Å². The zero-order valence-corrected chi connectivity index (χ0v) is 8.77. The number of ether oxygens (including phenoxy) is 1. The zero-order chi connectivity index (χ0) is 12.3. The summed E-state index contributed by atoms with van der Waals surface area (Å²) in [5.41, 5.74) is 4.97. The second-order valence-corrected chi connectivity index (χ2v) is 4.20. The molecule has 7 nitrogen and oxygen atoms in total. The van der Waals surface area contributed by atoms with Gasteiger partial charge in [0.05, 0.1) is 11.4 Å². The maximum absolute atomic E-state index is 10.8. The number of esters is 1. The third-order valence-corrected chi connectivity index (χ3v) is 2.47. The van der Waals surface area contributed by atoms with E-state index in [2.05, 4.69) is 4.74 Å². The summed E-state index contributed by atoms with van der Waals surface area (Å²) in [6, 6.07) is 2.75. The van der Waals surface area contributed by atoms with E-state index in [-0.39, 0.29) is 5.75 Å². The van der Waals surface area contributed by atoms with Crippen LogP contribution in [0.4, 0.5) is 0 Å². The summed E-state index contributed by atoms with van der Waals surface area (Å²) < 4.78 is 34.8. The van der Waals surface area contributed by atoms with Crippen molar-refractivity contribution in [1.82, 2.24) is 0 Å². The van der Waals surface area contributed by atoms with Crippen LogP contribution in [-0.4, -0.2) is 30.6 Å². The molecule has 1 aromatic rings. The highest BCUT2D eigenvalue weighted by atomic mass is 32.2. The van der Waals surface area contributed by atoms with Crippen molar-refractivity contribution in [2.75, 3.05) is 6.54 Å². The quantitative estimate of drug-likeness (QED) is 0.373. The molecule has 1 rings (SSSR count). The van der Waals surface area contributed by atoms with E-state index >= 15 is 0 Å². The summed E-state index contributed by atoms with van der Waals surface area (Å²) in [4.78, 5) is 10.3. The Bertz CT molecular complexity index is 509. The van der Waals surface area contributed by atoms with Gasteiger partial charge in [-0.2, -0.15) is 8.42 Å². The summed E-state index contributed by atoms with van der Waals surface area (Å²) >= 11 is 0. The minimum absolute atomic E-state index is 0.384. The van der Waals surface area contributed by atoms with Crippen LogP contribution in [-0.2, 0) is 14.9 Å². The van der Waals surface area contributed by atoms with Crippen molar-refractivity contribution < 1.29 is 27.6 Å².